The molecule has 0 aliphatic carbocycles. The highest BCUT2D eigenvalue weighted by Gasteiger charge is 2.52. The highest BCUT2D eigenvalue weighted by molar-refractivity contribution is 5.91. The minimum Gasteiger partial charge on any atom is -0.459 e. The maximum absolute atomic E-state index is 12.6. The second kappa shape index (κ2) is 21.9. The Morgan fingerprint density at radius 1 is 0.410 bits per heavy atom. The molecule has 2 aliphatic heterocycles. The number of rotatable bonds is 13. The Hall–Kier alpha value is -6.91. The maximum Gasteiger partial charge on any atom is 0.338 e. The molecule has 320 valence electrons. The Balaban J connectivity index is 0.000000232. The first kappa shape index (κ1) is 45.2. The molecule has 2 saturated heterocycles. The quantitative estimate of drug-likeness (QED) is 0.127. The topological polar surface area (TPSA) is 203 Å². The van der Waals surface area contributed by atoms with Gasteiger partial charge in [-0.25, -0.2) is 19.2 Å². The molecule has 0 bridgehead atoms. The van der Waals surface area contributed by atoms with Gasteiger partial charge in [0.1, 0.15) is 25.4 Å². The van der Waals surface area contributed by atoms with E-state index in [4.69, 9.17) is 42.6 Å². The number of hydrogen-bond acceptors (Lipinski definition) is 16. The minimum absolute atomic E-state index is 0.150. The molecule has 0 spiro atoms. The highest BCUT2D eigenvalue weighted by atomic mass is 16.8. The molecule has 4 aromatic rings. The van der Waals surface area contributed by atoms with E-state index in [-0.39, 0.29) is 18.8 Å². The Bertz CT molecular complexity index is 2110. The molecular formula is C45H44O16. The van der Waals surface area contributed by atoms with Crippen molar-refractivity contribution in [3.05, 3.63) is 144 Å². The lowest BCUT2D eigenvalue weighted by molar-refractivity contribution is -0.196. The monoisotopic (exact) mass is 840 g/mol. The molecule has 0 aromatic heterocycles. The summed E-state index contributed by atoms with van der Waals surface area (Å²) in [5, 5.41) is 0. The first-order chi connectivity index (χ1) is 29.3. The summed E-state index contributed by atoms with van der Waals surface area (Å²) in [6, 6.07) is 33.4. The first-order valence-electron chi connectivity index (χ1n) is 19.1. The van der Waals surface area contributed by atoms with Crippen molar-refractivity contribution in [3.63, 3.8) is 0 Å². The van der Waals surface area contributed by atoms with E-state index in [2.05, 4.69) is 0 Å². The van der Waals surface area contributed by atoms with Gasteiger partial charge in [-0.05, 0) is 55.5 Å². The van der Waals surface area contributed by atoms with Crippen LogP contribution in [0.15, 0.2) is 121 Å². The fraction of sp³-hybridized carbons (Fsp3) is 0.311. The summed E-state index contributed by atoms with van der Waals surface area (Å²) in [6.45, 7) is 4.80. The Kier molecular flexibility index (Phi) is 16.2. The third-order valence-corrected chi connectivity index (χ3v) is 8.98. The van der Waals surface area contributed by atoms with E-state index in [1.54, 1.807) is 128 Å². The molecule has 2 fully saturated rings. The van der Waals surface area contributed by atoms with Gasteiger partial charge < -0.3 is 42.6 Å². The predicted molar refractivity (Wildman–Crippen MR) is 211 cm³/mol. The largest absolute Gasteiger partial charge is 0.459 e. The average molecular weight is 841 g/mol. The molecule has 6 rings (SSSR count). The number of carbonyl (C=O) groups is 7. The van der Waals surface area contributed by atoms with Crippen molar-refractivity contribution in [1.29, 1.82) is 0 Å². The van der Waals surface area contributed by atoms with Crippen LogP contribution >= 0.6 is 0 Å². The number of esters is 7. The molecule has 0 saturated carbocycles. The van der Waals surface area contributed by atoms with E-state index in [0.717, 1.165) is 13.8 Å². The van der Waals surface area contributed by atoms with Crippen molar-refractivity contribution in [2.75, 3.05) is 13.2 Å². The number of ether oxygens (including phenoxy) is 9. The summed E-state index contributed by atoms with van der Waals surface area (Å²) < 4.78 is 48.9. The van der Waals surface area contributed by atoms with Gasteiger partial charge in [0.25, 0.3) is 0 Å². The molecule has 16 nitrogen and oxygen atoms in total. The third-order valence-electron chi connectivity index (χ3n) is 8.98. The molecule has 0 radical (unpaired) electrons. The summed E-state index contributed by atoms with van der Waals surface area (Å²) in [6.07, 6.45) is -7.85. The highest BCUT2D eigenvalue weighted by Crippen LogP contribution is 2.30. The van der Waals surface area contributed by atoms with Gasteiger partial charge >= 0.3 is 41.8 Å². The summed E-state index contributed by atoms with van der Waals surface area (Å²) >= 11 is 0. The van der Waals surface area contributed by atoms with Gasteiger partial charge in [-0.2, -0.15) is 0 Å². The van der Waals surface area contributed by atoms with Crippen LogP contribution in [0, 0.1) is 0 Å². The molecule has 2 heterocycles. The molecule has 0 N–H and O–H groups in total. The molecule has 16 heteroatoms. The molecule has 8 atom stereocenters. The van der Waals surface area contributed by atoms with Crippen molar-refractivity contribution in [3.8, 4) is 0 Å². The molecular weight excluding hydrogens is 796 g/mol. The van der Waals surface area contributed by atoms with Gasteiger partial charge in [-0.3, -0.25) is 14.4 Å². The lowest BCUT2D eigenvalue weighted by Gasteiger charge is -2.23. The van der Waals surface area contributed by atoms with Gasteiger partial charge in [0.2, 0.25) is 12.4 Å². The number of benzene rings is 4. The number of carbonyl (C=O) groups excluding carboxylic acids is 7. The number of hydrogen-bond donors (Lipinski definition) is 0. The van der Waals surface area contributed by atoms with Gasteiger partial charge in [-0.1, -0.05) is 72.8 Å². The second-order valence-corrected chi connectivity index (χ2v) is 13.6. The molecule has 61 heavy (non-hydrogen) atoms. The van der Waals surface area contributed by atoms with Gasteiger partial charge in [0.05, 0.1) is 28.4 Å². The van der Waals surface area contributed by atoms with E-state index in [1.165, 1.54) is 6.92 Å². The van der Waals surface area contributed by atoms with Crippen molar-refractivity contribution < 1.29 is 76.2 Å². The maximum atomic E-state index is 12.6. The Morgan fingerprint density at radius 3 is 1.11 bits per heavy atom. The zero-order chi connectivity index (χ0) is 43.9. The van der Waals surface area contributed by atoms with Crippen LogP contribution in [0.3, 0.4) is 0 Å². The van der Waals surface area contributed by atoms with Gasteiger partial charge in [0.15, 0.2) is 18.3 Å². The third kappa shape index (κ3) is 13.0. The van der Waals surface area contributed by atoms with Crippen molar-refractivity contribution >= 4 is 41.8 Å². The zero-order valence-corrected chi connectivity index (χ0v) is 33.6. The summed E-state index contributed by atoms with van der Waals surface area (Å²) in [7, 11) is 0. The molecule has 0 amide bonds. The van der Waals surface area contributed by atoms with E-state index in [0.29, 0.717) is 16.7 Å². The van der Waals surface area contributed by atoms with Crippen LogP contribution in [-0.2, 0) is 57.0 Å². The standard InChI is InChI=1S/C23H22O9.C22H22O7/c1-14(24)29-20-19(32-22(27)17-11-7-4-8-12-17)18(31-23(20)30-15(2)25)13-28-21(26)16-9-5-3-6-10-16;1-14-19(28-15(2)23)20(29-22(25)17-11-7-4-8-12-17)18(27-14)13-26-21(24)16-9-5-3-6-10-16/h3-12,18-20,23H,13H2,1-2H3;3-12,14,18-20H,13H2,1-2H3. The first-order valence-corrected chi connectivity index (χ1v) is 19.1. The molecule has 4 aromatic carbocycles. The zero-order valence-electron chi connectivity index (χ0n) is 33.6. The average Bonchev–Trinajstić information content (AvgIpc) is 3.72. The lowest BCUT2D eigenvalue weighted by Crippen LogP contribution is -2.42. The minimum atomic E-state index is -1.34. The van der Waals surface area contributed by atoms with E-state index >= 15 is 0 Å². The summed E-state index contributed by atoms with van der Waals surface area (Å²) in [5.41, 5.74) is 1.32. The van der Waals surface area contributed by atoms with Crippen LogP contribution in [-0.4, -0.2) is 104 Å². The van der Waals surface area contributed by atoms with E-state index in [1.807, 2.05) is 0 Å². The Labute approximate surface area is 350 Å². The fourth-order valence-corrected chi connectivity index (χ4v) is 6.25. The van der Waals surface area contributed by atoms with Crippen LogP contribution in [0.25, 0.3) is 0 Å². The van der Waals surface area contributed by atoms with Crippen LogP contribution in [0.1, 0.15) is 69.1 Å². The van der Waals surface area contributed by atoms with Gasteiger partial charge in [0, 0.05) is 20.8 Å². The normalized spacial score (nSPS) is 22.6. The Morgan fingerprint density at radius 2 is 0.738 bits per heavy atom. The van der Waals surface area contributed by atoms with Crippen LogP contribution in [0.4, 0.5) is 0 Å². The van der Waals surface area contributed by atoms with Crippen molar-refractivity contribution in [1.82, 2.24) is 0 Å². The van der Waals surface area contributed by atoms with E-state index < -0.39 is 90.8 Å². The van der Waals surface area contributed by atoms with Crippen LogP contribution in [0.2, 0.25) is 0 Å². The van der Waals surface area contributed by atoms with E-state index in [9.17, 15) is 33.6 Å². The van der Waals surface area contributed by atoms with Gasteiger partial charge in [-0.15, -0.1) is 0 Å². The fourth-order valence-electron chi connectivity index (χ4n) is 6.25. The second-order valence-electron chi connectivity index (χ2n) is 13.6. The lowest BCUT2D eigenvalue weighted by atomic mass is 10.1. The van der Waals surface area contributed by atoms with Crippen molar-refractivity contribution in [2.24, 2.45) is 0 Å². The van der Waals surface area contributed by atoms with Crippen molar-refractivity contribution in [2.45, 2.75) is 76.7 Å². The molecule has 8 unspecified atom stereocenters. The summed E-state index contributed by atoms with van der Waals surface area (Å²) in [5.74, 6) is -4.34. The SMILES string of the molecule is CC(=O)OC1C(C)OC(COC(=O)c2ccccc2)C1OC(=O)c1ccccc1.CC(=O)OC1OC(COC(=O)c2ccccc2)C(OC(=O)c2ccccc2)C1OC(C)=O. The predicted octanol–water partition coefficient (Wildman–Crippen LogP) is 5.08. The van der Waals surface area contributed by atoms with Crippen LogP contribution < -0.4 is 0 Å². The molecule has 2 aliphatic rings. The van der Waals surface area contributed by atoms with Crippen LogP contribution in [0.5, 0.6) is 0 Å². The summed E-state index contributed by atoms with van der Waals surface area (Å²) in [4.78, 5) is 84.3. The smallest absolute Gasteiger partial charge is 0.338 e.